The minimum Gasteiger partial charge on any atom is -0.491 e. The molecule has 0 atom stereocenters. The van der Waals surface area contributed by atoms with Crippen LogP contribution in [0.4, 0.5) is 5.69 Å². The third-order valence-electron chi connectivity index (χ3n) is 3.46. The second-order valence-electron chi connectivity index (χ2n) is 6.26. The number of hydrogen-bond donors (Lipinski definition) is 1. The Balaban J connectivity index is 1.92. The molecule has 0 saturated heterocycles. The maximum atomic E-state index is 12.1. The minimum atomic E-state index is -0.188. The summed E-state index contributed by atoms with van der Waals surface area (Å²) in [6, 6.07) is 11.4. The lowest BCUT2D eigenvalue weighted by Crippen LogP contribution is -2.20. The van der Waals surface area contributed by atoms with Crippen molar-refractivity contribution < 1.29 is 14.3 Å². The Hall–Kier alpha value is -2.49. The number of ether oxygens (including phenoxy) is 2. The molecule has 0 aliphatic carbocycles. The van der Waals surface area contributed by atoms with Gasteiger partial charge in [0.05, 0.1) is 6.10 Å². The number of carbonyl (C=O) groups is 1. The standard InChI is InChI=1S/C20H25NO3/c1-13(2)24-18-8-6-17(7-9-18)21-19(22)12-23-20-15(4)10-14(3)11-16(20)5/h6-11,13H,12H2,1-5H3,(H,21,22). The molecule has 0 fully saturated rings. The van der Waals surface area contributed by atoms with Gasteiger partial charge in [-0.2, -0.15) is 0 Å². The van der Waals surface area contributed by atoms with Crippen LogP contribution in [0, 0.1) is 20.8 Å². The lowest BCUT2D eigenvalue weighted by atomic mass is 10.1. The Kier molecular flexibility index (Phi) is 5.85. The molecule has 2 aromatic carbocycles. The number of aryl methyl sites for hydroxylation is 3. The van der Waals surface area contributed by atoms with Gasteiger partial charge in [-0.15, -0.1) is 0 Å². The van der Waals surface area contributed by atoms with Gasteiger partial charge in [-0.05, 0) is 70.0 Å². The lowest BCUT2D eigenvalue weighted by Gasteiger charge is -2.13. The fourth-order valence-corrected chi connectivity index (χ4v) is 2.62. The van der Waals surface area contributed by atoms with Gasteiger partial charge >= 0.3 is 0 Å². The number of hydrogen-bond acceptors (Lipinski definition) is 3. The first-order valence-electron chi connectivity index (χ1n) is 8.12. The SMILES string of the molecule is Cc1cc(C)c(OCC(=O)Nc2ccc(OC(C)C)cc2)c(C)c1. The first-order chi connectivity index (χ1) is 11.3. The van der Waals surface area contributed by atoms with Gasteiger partial charge in [0.25, 0.3) is 5.91 Å². The Labute approximate surface area is 143 Å². The number of rotatable bonds is 6. The average molecular weight is 327 g/mol. The molecule has 1 N–H and O–H groups in total. The van der Waals surface area contributed by atoms with Gasteiger partial charge in [-0.3, -0.25) is 4.79 Å². The average Bonchev–Trinajstić information content (AvgIpc) is 2.47. The molecule has 0 unspecified atom stereocenters. The fourth-order valence-electron chi connectivity index (χ4n) is 2.62. The Morgan fingerprint density at radius 3 is 2.17 bits per heavy atom. The summed E-state index contributed by atoms with van der Waals surface area (Å²) in [7, 11) is 0. The second kappa shape index (κ2) is 7.86. The van der Waals surface area contributed by atoms with Crippen LogP contribution in [0.25, 0.3) is 0 Å². The molecule has 2 rings (SSSR count). The highest BCUT2D eigenvalue weighted by Crippen LogP contribution is 2.24. The van der Waals surface area contributed by atoms with E-state index in [1.807, 2.05) is 71.0 Å². The molecular weight excluding hydrogens is 302 g/mol. The van der Waals surface area contributed by atoms with Crippen LogP contribution in [0.15, 0.2) is 36.4 Å². The molecule has 1 amide bonds. The zero-order chi connectivity index (χ0) is 17.7. The monoisotopic (exact) mass is 327 g/mol. The van der Waals surface area contributed by atoms with Crippen LogP contribution < -0.4 is 14.8 Å². The number of amides is 1. The number of nitrogens with one attached hydrogen (secondary N) is 1. The molecule has 0 aliphatic heterocycles. The molecule has 0 heterocycles. The molecular formula is C20H25NO3. The maximum Gasteiger partial charge on any atom is 0.262 e. The van der Waals surface area contributed by atoms with Crippen LogP contribution in [0.1, 0.15) is 30.5 Å². The molecule has 2 aromatic rings. The van der Waals surface area contributed by atoms with Gasteiger partial charge in [0.1, 0.15) is 11.5 Å². The number of anilines is 1. The maximum absolute atomic E-state index is 12.1. The van der Waals surface area contributed by atoms with Crippen LogP contribution in [0.5, 0.6) is 11.5 Å². The molecule has 4 heteroatoms. The summed E-state index contributed by atoms with van der Waals surface area (Å²) in [5.41, 5.74) is 3.98. The topological polar surface area (TPSA) is 47.6 Å². The van der Waals surface area contributed by atoms with Crippen molar-refractivity contribution in [2.45, 2.75) is 40.7 Å². The van der Waals surface area contributed by atoms with Crippen molar-refractivity contribution in [1.29, 1.82) is 0 Å². The molecule has 128 valence electrons. The first kappa shape index (κ1) is 17.9. The number of carbonyl (C=O) groups excluding carboxylic acids is 1. The van der Waals surface area contributed by atoms with Gasteiger partial charge < -0.3 is 14.8 Å². The predicted octanol–water partition coefficient (Wildman–Crippen LogP) is 4.42. The quantitative estimate of drug-likeness (QED) is 0.854. The van der Waals surface area contributed by atoms with Crippen LogP contribution in [-0.4, -0.2) is 18.6 Å². The third kappa shape index (κ3) is 5.01. The summed E-state index contributed by atoms with van der Waals surface area (Å²) in [6.07, 6.45) is 0.125. The van der Waals surface area contributed by atoms with E-state index >= 15 is 0 Å². The van der Waals surface area contributed by atoms with Crippen LogP contribution in [-0.2, 0) is 4.79 Å². The highest BCUT2D eigenvalue weighted by atomic mass is 16.5. The summed E-state index contributed by atoms with van der Waals surface area (Å²) in [4.78, 5) is 12.1. The minimum absolute atomic E-state index is 0.0189. The molecule has 0 radical (unpaired) electrons. The fraction of sp³-hybridized carbons (Fsp3) is 0.350. The van der Waals surface area contributed by atoms with Crippen molar-refractivity contribution in [3.05, 3.63) is 53.1 Å². The van der Waals surface area contributed by atoms with E-state index in [9.17, 15) is 4.79 Å². The van der Waals surface area contributed by atoms with E-state index in [0.29, 0.717) is 0 Å². The highest BCUT2D eigenvalue weighted by Gasteiger charge is 2.09. The van der Waals surface area contributed by atoms with Gasteiger partial charge in [-0.25, -0.2) is 0 Å². The number of benzene rings is 2. The van der Waals surface area contributed by atoms with E-state index < -0.39 is 0 Å². The Bertz CT molecular complexity index is 682. The van der Waals surface area contributed by atoms with Gasteiger partial charge in [0.2, 0.25) is 0 Å². The van der Waals surface area contributed by atoms with Gasteiger partial charge in [0.15, 0.2) is 6.61 Å². The van der Waals surface area contributed by atoms with E-state index in [1.54, 1.807) is 0 Å². The van der Waals surface area contributed by atoms with Crippen molar-refractivity contribution in [3.8, 4) is 11.5 Å². The molecule has 0 saturated carbocycles. The largest absolute Gasteiger partial charge is 0.491 e. The van der Waals surface area contributed by atoms with Crippen molar-refractivity contribution in [2.24, 2.45) is 0 Å². The first-order valence-corrected chi connectivity index (χ1v) is 8.12. The summed E-state index contributed by atoms with van der Waals surface area (Å²) in [5, 5.41) is 2.82. The highest BCUT2D eigenvalue weighted by molar-refractivity contribution is 5.91. The van der Waals surface area contributed by atoms with E-state index in [-0.39, 0.29) is 18.6 Å². The Morgan fingerprint density at radius 2 is 1.62 bits per heavy atom. The van der Waals surface area contributed by atoms with Crippen molar-refractivity contribution in [2.75, 3.05) is 11.9 Å². The summed E-state index contributed by atoms with van der Waals surface area (Å²) >= 11 is 0. The predicted molar refractivity (Wildman–Crippen MR) is 97.0 cm³/mol. The molecule has 0 bridgehead atoms. The summed E-state index contributed by atoms with van der Waals surface area (Å²) in [6.45, 7) is 9.95. The van der Waals surface area contributed by atoms with E-state index in [4.69, 9.17) is 9.47 Å². The van der Waals surface area contributed by atoms with Crippen LogP contribution >= 0.6 is 0 Å². The van der Waals surface area contributed by atoms with E-state index in [0.717, 1.165) is 28.3 Å². The molecule has 0 aliphatic rings. The molecule has 0 aromatic heterocycles. The van der Waals surface area contributed by atoms with E-state index in [2.05, 4.69) is 5.32 Å². The van der Waals surface area contributed by atoms with Crippen molar-refractivity contribution in [3.63, 3.8) is 0 Å². The van der Waals surface area contributed by atoms with Gasteiger partial charge in [0, 0.05) is 5.69 Å². The zero-order valence-electron chi connectivity index (χ0n) is 15.0. The second-order valence-corrected chi connectivity index (χ2v) is 6.26. The van der Waals surface area contributed by atoms with Crippen LogP contribution in [0.2, 0.25) is 0 Å². The molecule has 4 nitrogen and oxygen atoms in total. The zero-order valence-corrected chi connectivity index (χ0v) is 15.0. The lowest BCUT2D eigenvalue weighted by molar-refractivity contribution is -0.118. The summed E-state index contributed by atoms with van der Waals surface area (Å²) < 4.78 is 11.3. The van der Waals surface area contributed by atoms with Gasteiger partial charge in [-0.1, -0.05) is 17.7 Å². The third-order valence-corrected chi connectivity index (χ3v) is 3.46. The van der Waals surface area contributed by atoms with Crippen molar-refractivity contribution >= 4 is 11.6 Å². The molecule has 0 spiro atoms. The van der Waals surface area contributed by atoms with E-state index in [1.165, 1.54) is 5.56 Å². The normalized spacial score (nSPS) is 10.6. The van der Waals surface area contributed by atoms with Crippen molar-refractivity contribution in [1.82, 2.24) is 0 Å². The Morgan fingerprint density at radius 1 is 1.04 bits per heavy atom. The molecule has 24 heavy (non-hydrogen) atoms. The smallest absolute Gasteiger partial charge is 0.262 e. The summed E-state index contributed by atoms with van der Waals surface area (Å²) in [5.74, 6) is 1.37. The van der Waals surface area contributed by atoms with Crippen LogP contribution in [0.3, 0.4) is 0 Å².